The Morgan fingerprint density at radius 2 is 1.46 bits per heavy atom. The van der Waals surface area contributed by atoms with Crippen LogP contribution in [0.1, 0.15) is 22.3 Å². The van der Waals surface area contributed by atoms with Gasteiger partial charge < -0.3 is 4.52 Å². The molecule has 5 nitrogen and oxygen atoms in total. The van der Waals surface area contributed by atoms with Gasteiger partial charge in [0.1, 0.15) is 0 Å². The molecule has 1 aliphatic heterocycles. The summed E-state index contributed by atoms with van der Waals surface area (Å²) in [5.74, 6) is 0.920. The molecule has 2 aromatic rings. The van der Waals surface area contributed by atoms with Gasteiger partial charge in [-0.05, 0) is 6.42 Å². The smallest absolute Gasteiger partial charge is 0.306 e. The fourth-order valence-electron chi connectivity index (χ4n) is 2.62. The predicted molar refractivity (Wildman–Crippen MR) is 116 cm³/mol. The van der Waals surface area contributed by atoms with Gasteiger partial charge in [-0.3, -0.25) is 9.36 Å². The van der Waals surface area contributed by atoms with Gasteiger partial charge in [0, 0.05) is 42.5 Å². The number of halogens is 2. The van der Waals surface area contributed by atoms with Crippen molar-refractivity contribution in [3.05, 3.63) is 71.8 Å². The zero-order valence-electron chi connectivity index (χ0n) is 15.6. The number of rotatable bonds is 7. The molecule has 1 unspecified atom stereocenters. The number of ketones is 1. The van der Waals surface area contributed by atoms with E-state index >= 15 is 0 Å². The topological polar surface area (TPSA) is 58.6 Å². The molecule has 2 aromatic carbocycles. The Morgan fingerprint density at radius 1 is 0.964 bits per heavy atom. The summed E-state index contributed by atoms with van der Waals surface area (Å²) in [5.41, 5.74) is 1.47. The molecule has 0 amide bonds. The zero-order valence-corrected chi connectivity index (χ0v) is 18.0. The summed E-state index contributed by atoms with van der Waals surface area (Å²) in [7, 11) is -2.84. The van der Waals surface area contributed by atoms with Crippen LogP contribution in [0.25, 0.3) is 0 Å². The van der Waals surface area contributed by atoms with Crippen LogP contribution in [0.2, 0.25) is 0 Å². The Labute approximate surface area is 176 Å². The van der Waals surface area contributed by atoms with Crippen molar-refractivity contribution in [3.8, 4) is 0 Å². The van der Waals surface area contributed by atoms with Gasteiger partial charge in [-0.15, -0.1) is 23.2 Å². The highest BCUT2D eigenvalue weighted by Gasteiger charge is 2.32. The monoisotopic (exact) mass is 442 g/mol. The van der Waals surface area contributed by atoms with Crippen molar-refractivity contribution in [2.45, 2.75) is 6.42 Å². The number of hydrogen-bond donors (Lipinski definition) is 1. The number of alkyl halides is 2. The Kier molecular flexibility index (Phi) is 10.2. The van der Waals surface area contributed by atoms with E-state index in [0.29, 0.717) is 31.5 Å². The van der Waals surface area contributed by atoms with Gasteiger partial charge in [0.15, 0.2) is 5.78 Å². The average Bonchev–Trinajstić information content (AvgIpc) is 2.75. The van der Waals surface area contributed by atoms with Gasteiger partial charge >= 0.3 is 7.67 Å². The van der Waals surface area contributed by atoms with Gasteiger partial charge in [0.25, 0.3) is 0 Å². The maximum atomic E-state index is 12.2. The first-order chi connectivity index (χ1) is 13.6. The van der Waals surface area contributed by atoms with Crippen LogP contribution in [-0.2, 0) is 9.09 Å². The molecule has 3 rings (SSSR count). The standard InChI is InChI=1S/C13H10O.C7H15Cl2N2O2P/c14-13(11-7-3-1-4-8-11)12-9-5-2-6-10-12;8-2-5-11(6-3-9)14(12)10-4-1-7-13-14/h1-10H;1-7H2,(H,10,12). The summed E-state index contributed by atoms with van der Waals surface area (Å²) in [6.45, 7) is 2.31. The lowest BCUT2D eigenvalue weighted by Crippen LogP contribution is -2.35. The first kappa shape index (κ1) is 23.1. The Morgan fingerprint density at radius 3 is 1.86 bits per heavy atom. The minimum absolute atomic E-state index is 0.0752. The third-order valence-electron chi connectivity index (χ3n) is 4.03. The normalized spacial score (nSPS) is 19.0. The highest BCUT2D eigenvalue weighted by molar-refractivity contribution is 7.54. The van der Waals surface area contributed by atoms with Gasteiger partial charge in [0.2, 0.25) is 0 Å². The largest absolute Gasteiger partial charge is 0.343 e. The third kappa shape index (κ3) is 7.00. The molecule has 0 aromatic heterocycles. The van der Waals surface area contributed by atoms with E-state index in [9.17, 15) is 9.36 Å². The number of benzene rings is 2. The first-order valence-electron chi connectivity index (χ1n) is 9.12. The molecule has 28 heavy (non-hydrogen) atoms. The molecule has 0 bridgehead atoms. The molecule has 1 heterocycles. The third-order valence-corrected chi connectivity index (χ3v) is 6.67. The van der Waals surface area contributed by atoms with Crippen LogP contribution >= 0.6 is 30.9 Å². The maximum absolute atomic E-state index is 12.2. The van der Waals surface area contributed by atoms with Crippen molar-refractivity contribution < 1.29 is 13.9 Å². The molecular formula is C20H25Cl2N2O3P. The number of nitrogens with one attached hydrogen (secondary N) is 1. The van der Waals surface area contributed by atoms with Crippen LogP contribution in [-0.4, -0.2) is 48.5 Å². The van der Waals surface area contributed by atoms with E-state index < -0.39 is 7.67 Å². The van der Waals surface area contributed by atoms with E-state index in [2.05, 4.69) is 5.09 Å². The maximum Gasteiger partial charge on any atom is 0.343 e. The second-order valence-corrected chi connectivity index (χ2v) is 8.94. The van der Waals surface area contributed by atoms with E-state index in [-0.39, 0.29) is 5.78 Å². The van der Waals surface area contributed by atoms with Crippen LogP contribution in [0.15, 0.2) is 60.7 Å². The molecule has 8 heteroatoms. The van der Waals surface area contributed by atoms with Crippen LogP contribution in [0, 0.1) is 0 Å². The summed E-state index contributed by atoms with van der Waals surface area (Å²) in [6.07, 6.45) is 0.888. The van der Waals surface area contributed by atoms with Crippen LogP contribution in [0.4, 0.5) is 0 Å². The molecule has 1 N–H and O–H groups in total. The van der Waals surface area contributed by atoms with Crippen molar-refractivity contribution in [2.75, 3.05) is 38.0 Å². The SMILES string of the molecule is O=C(c1ccccc1)c1ccccc1.O=P1(N(CCCl)CCCl)NCCCO1. The van der Waals surface area contributed by atoms with Crippen molar-refractivity contribution >= 4 is 36.7 Å². The second-order valence-electron chi connectivity index (χ2n) is 6.01. The summed E-state index contributed by atoms with van der Waals surface area (Å²) >= 11 is 11.2. The van der Waals surface area contributed by atoms with Crippen LogP contribution < -0.4 is 5.09 Å². The van der Waals surface area contributed by atoms with Crippen molar-refractivity contribution in [2.24, 2.45) is 0 Å². The second kappa shape index (κ2) is 12.4. The van der Waals surface area contributed by atoms with Crippen molar-refractivity contribution in [3.63, 3.8) is 0 Å². The molecule has 152 valence electrons. The van der Waals surface area contributed by atoms with E-state index in [0.717, 1.165) is 24.1 Å². The minimum Gasteiger partial charge on any atom is -0.306 e. The fraction of sp³-hybridized carbons (Fsp3) is 0.350. The molecule has 1 saturated heterocycles. The van der Waals surface area contributed by atoms with E-state index in [1.807, 2.05) is 60.7 Å². The molecule has 1 fully saturated rings. The number of hydrogen-bond acceptors (Lipinski definition) is 3. The molecule has 1 atom stereocenters. The van der Waals surface area contributed by atoms with Crippen molar-refractivity contribution in [1.29, 1.82) is 0 Å². The molecule has 0 aliphatic carbocycles. The van der Waals surface area contributed by atoms with Gasteiger partial charge in [0.05, 0.1) is 6.61 Å². The van der Waals surface area contributed by atoms with Crippen LogP contribution in [0.5, 0.6) is 0 Å². The van der Waals surface area contributed by atoms with Gasteiger partial charge in [-0.25, -0.2) is 9.76 Å². The molecule has 0 spiro atoms. The van der Waals surface area contributed by atoms with E-state index in [1.165, 1.54) is 0 Å². The Bertz CT molecular complexity index is 705. The number of carbonyl (C=O) groups is 1. The number of nitrogens with zero attached hydrogens (tertiary/aromatic N) is 1. The Balaban J connectivity index is 0.000000200. The molecule has 0 saturated carbocycles. The predicted octanol–water partition coefficient (Wildman–Crippen LogP) is 4.80. The lowest BCUT2D eigenvalue weighted by molar-refractivity contribution is 0.103. The highest BCUT2D eigenvalue weighted by atomic mass is 35.5. The molecule has 0 radical (unpaired) electrons. The van der Waals surface area contributed by atoms with Gasteiger partial charge in [-0.2, -0.15) is 0 Å². The summed E-state index contributed by atoms with van der Waals surface area (Å²) in [5, 5.41) is 2.91. The fourth-order valence-corrected chi connectivity index (χ4v) is 5.27. The molecular weight excluding hydrogens is 418 g/mol. The summed E-state index contributed by atoms with van der Waals surface area (Å²) < 4.78 is 19.2. The van der Waals surface area contributed by atoms with E-state index in [4.69, 9.17) is 27.7 Å². The average molecular weight is 443 g/mol. The van der Waals surface area contributed by atoms with Crippen molar-refractivity contribution in [1.82, 2.24) is 9.76 Å². The first-order valence-corrected chi connectivity index (χ1v) is 11.8. The zero-order chi connectivity index (χ0) is 20.2. The lowest BCUT2D eigenvalue weighted by Gasteiger charge is -2.33. The van der Waals surface area contributed by atoms with Crippen LogP contribution in [0.3, 0.4) is 0 Å². The molecule has 1 aliphatic rings. The summed E-state index contributed by atoms with van der Waals surface area (Å²) in [6, 6.07) is 18.6. The summed E-state index contributed by atoms with van der Waals surface area (Å²) in [4.78, 5) is 11.8. The highest BCUT2D eigenvalue weighted by Crippen LogP contribution is 2.48. The van der Waals surface area contributed by atoms with E-state index in [1.54, 1.807) is 4.67 Å². The minimum atomic E-state index is -2.84. The quantitative estimate of drug-likeness (QED) is 0.379. The van der Waals surface area contributed by atoms with Gasteiger partial charge in [-0.1, -0.05) is 60.7 Å². The lowest BCUT2D eigenvalue weighted by atomic mass is 10.0. The number of carbonyl (C=O) groups excluding carboxylic acids is 1. The Hall–Kier alpha value is -1.20.